The number of benzene rings is 2. The number of unbranched alkanes of at least 4 members (excludes halogenated alkanes) is 1. The SMILES string of the molecule is CCCCO.c1ccc(Nc2ccccc2)cc1. The number of aliphatic hydroxyl groups is 1. The molecule has 96 valence electrons. The molecule has 0 aliphatic carbocycles. The molecule has 0 aromatic heterocycles. The lowest BCUT2D eigenvalue weighted by atomic mass is 10.3. The molecule has 2 N–H and O–H groups in total. The quantitative estimate of drug-likeness (QED) is 0.843. The lowest BCUT2D eigenvalue weighted by Gasteiger charge is -2.04. The van der Waals surface area contributed by atoms with Crippen LogP contribution in [0.2, 0.25) is 0 Å². The molecule has 0 saturated carbocycles. The highest BCUT2D eigenvalue weighted by atomic mass is 16.2. The normalized spacial score (nSPS) is 9.22. The summed E-state index contributed by atoms with van der Waals surface area (Å²) in [5.41, 5.74) is 2.24. The predicted octanol–water partition coefficient (Wildman–Crippen LogP) is 4.21. The first-order valence-corrected chi connectivity index (χ1v) is 6.34. The van der Waals surface area contributed by atoms with Gasteiger partial charge in [-0.15, -0.1) is 0 Å². The molecule has 2 heteroatoms. The van der Waals surface area contributed by atoms with E-state index in [0.29, 0.717) is 6.61 Å². The fourth-order valence-electron chi connectivity index (χ4n) is 1.37. The third-order valence-electron chi connectivity index (χ3n) is 2.35. The summed E-state index contributed by atoms with van der Waals surface area (Å²) in [6, 6.07) is 20.3. The molecular formula is C16H21NO. The van der Waals surface area contributed by atoms with Crippen LogP contribution >= 0.6 is 0 Å². The van der Waals surface area contributed by atoms with E-state index in [2.05, 4.69) is 12.2 Å². The van der Waals surface area contributed by atoms with Crippen molar-refractivity contribution in [2.75, 3.05) is 11.9 Å². The Kier molecular flexibility index (Phi) is 7.33. The van der Waals surface area contributed by atoms with Gasteiger partial charge in [-0.05, 0) is 30.7 Å². The highest BCUT2D eigenvalue weighted by molar-refractivity contribution is 5.58. The van der Waals surface area contributed by atoms with Gasteiger partial charge in [-0.25, -0.2) is 0 Å². The van der Waals surface area contributed by atoms with Crippen LogP contribution in [0.4, 0.5) is 11.4 Å². The van der Waals surface area contributed by atoms with Crippen molar-refractivity contribution in [2.24, 2.45) is 0 Å². The van der Waals surface area contributed by atoms with Crippen LogP contribution in [0.25, 0.3) is 0 Å². The van der Waals surface area contributed by atoms with E-state index >= 15 is 0 Å². The van der Waals surface area contributed by atoms with Crippen LogP contribution in [-0.4, -0.2) is 11.7 Å². The molecule has 0 aliphatic heterocycles. The predicted molar refractivity (Wildman–Crippen MR) is 78.2 cm³/mol. The summed E-state index contributed by atoms with van der Waals surface area (Å²) in [6.07, 6.45) is 2.04. The van der Waals surface area contributed by atoms with Gasteiger partial charge in [0.2, 0.25) is 0 Å². The largest absolute Gasteiger partial charge is 0.396 e. The topological polar surface area (TPSA) is 32.3 Å². The van der Waals surface area contributed by atoms with Crippen molar-refractivity contribution >= 4 is 11.4 Å². The molecule has 0 fully saturated rings. The molecule has 2 rings (SSSR count). The van der Waals surface area contributed by atoms with Gasteiger partial charge in [0.15, 0.2) is 0 Å². The maximum absolute atomic E-state index is 8.07. The van der Waals surface area contributed by atoms with Gasteiger partial charge in [-0.2, -0.15) is 0 Å². The Morgan fingerprint density at radius 3 is 1.56 bits per heavy atom. The smallest absolute Gasteiger partial charge is 0.0430 e. The first-order valence-electron chi connectivity index (χ1n) is 6.34. The molecular weight excluding hydrogens is 222 g/mol. The second kappa shape index (κ2) is 9.25. The minimum Gasteiger partial charge on any atom is -0.396 e. The first-order chi connectivity index (χ1) is 8.86. The van der Waals surface area contributed by atoms with Crippen molar-refractivity contribution in [1.29, 1.82) is 0 Å². The van der Waals surface area contributed by atoms with Crippen molar-refractivity contribution in [3.63, 3.8) is 0 Å². The van der Waals surface area contributed by atoms with Crippen LogP contribution in [0, 0.1) is 0 Å². The Morgan fingerprint density at radius 1 is 0.833 bits per heavy atom. The Morgan fingerprint density at radius 2 is 1.28 bits per heavy atom. The third kappa shape index (κ3) is 6.06. The summed E-state index contributed by atoms with van der Waals surface area (Å²) >= 11 is 0. The molecule has 0 heterocycles. The standard InChI is InChI=1S/C12H11N.C4H10O/c1-3-7-11(8-4-1)13-12-9-5-2-6-10-12;1-2-3-4-5/h1-10,13H;5H,2-4H2,1H3. The van der Waals surface area contributed by atoms with Crippen molar-refractivity contribution < 1.29 is 5.11 Å². The molecule has 18 heavy (non-hydrogen) atoms. The lowest BCUT2D eigenvalue weighted by molar-refractivity contribution is 0.287. The Bertz CT molecular complexity index is 360. The number of aliphatic hydroxyl groups excluding tert-OH is 1. The van der Waals surface area contributed by atoms with Gasteiger partial charge >= 0.3 is 0 Å². The second-order valence-electron chi connectivity index (χ2n) is 3.93. The minimum absolute atomic E-state index is 0.344. The van der Waals surface area contributed by atoms with Gasteiger partial charge in [0, 0.05) is 18.0 Å². The molecule has 0 unspecified atom stereocenters. The van der Waals surface area contributed by atoms with E-state index in [9.17, 15) is 0 Å². The third-order valence-corrected chi connectivity index (χ3v) is 2.35. The Labute approximate surface area is 109 Å². The summed E-state index contributed by atoms with van der Waals surface area (Å²) in [5, 5.41) is 11.4. The fourth-order valence-corrected chi connectivity index (χ4v) is 1.37. The summed E-state index contributed by atoms with van der Waals surface area (Å²) in [6.45, 7) is 2.40. The first kappa shape index (κ1) is 14.3. The van der Waals surface area contributed by atoms with Crippen LogP contribution in [-0.2, 0) is 0 Å². The average Bonchev–Trinajstić information content (AvgIpc) is 2.43. The summed E-state index contributed by atoms with van der Waals surface area (Å²) in [4.78, 5) is 0. The van der Waals surface area contributed by atoms with Crippen LogP contribution in [0.3, 0.4) is 0 Å². The van der Waals surface area contributed by atoms with Gasteiger partial charge in [0.1, 0.15) is 0 Å². The zero-order valence-corrected chi connectivity index (χ0v) is 10.8. The molecule has 2 nitrogen and oxygen atoms in total. The van der Waals surface area contributed by atoms with Crippen molar-refractivity contribution in [1.82, 2.24) is 0 Å². The fraction of sp³-hybridized carbons (Fsp3) is 0.250. The van der Waals surface area contributed by atoms with Crippen molar-refractivity contribution in [2.45, 2.75) is 19.8 Å². The van der Waals surface area contributed by atoms with E-state index in [1.165, 1.54) is 0 Å². The maximum Gasteiger partial charge on any atom is 0.0430 e. The molecule has 2 aromatic rings. The molecule has 0 aliphatic rings. The molecule has 0 radical (unpaired) electrons. The summed E-state index contributed by atoms with van der Waals surface area (Å²) in [5.74, 6) is 0. The molecule has 0 amide bonds. The summed E-state index contributed by atoms with van der Waals surface area (Å²) in [7, 11) is 0. The minimum atomic E-state index is 0.344. The van der Waals surface area contributed by atoms with E-state index < -0.39 is 0 Å². The van der Waals surface area contributed by atoms with Gasteiger partial charge in [0.05, 0.1) is 0 Å². The van der Waals surface area contributed by atoms with E-state index in [0.717, 1.165) is 24.2 Å². The number of hydrogen-bond donors (Lipinski definition) is 2. The summed E-state index contributed by atoms with van der Waals surface area (Å²) < 4.78 is 0. The number of hydrogen-bond acceptors (Lipinski definition) is 2. The highest BCUT2D eigenvalue weighted by Gasteiger charge is 1.89. The van der Waals surface area contributed by atoms with E-state index in [-0.39, 0.29) is 0 Å². The maximum atomic E-state index is 8.07. The van der Waals surface area contributed by atoms with E-state index in [1.54, 1.807) is 0 Å². The van der Waals surface area contributed by atoms with Crippen LogP contribution in [0.1, 0.15) is 19.8 Å². The Balaban J connectivity index is 0.000000280. The van der Waals surface area contributed by atoms with Gasteiger partial charge < -0.3 is 10.4 Å². The Hall–Kier alpha value is -1.80. The zero-order chi connectivity index (χ0) is 13.1. The van der Waals surface area contributed by atoms with E-state index in [4.69, 9.17) is 5.11 Å². The van der Waals surface area contributed by atoms with Gasteiger partial charge in [-0.1, -0.05) is 49.7 Å². The zero-order valence-electron chi connectivity index (χ0n) is 10.8. The molecule has 0 spiro atoms. The van der Waals surface area contributed by atoms with Crippen LogP contribution in [0.15, 0.2) is 60.7 Å². The molecule has 0 bridgehead atoms. The number of para-hydroxylation sites is 2. The van der Waals surface area contributed by atoms with Crippen molar-refractivity contribution in [3.05, 3.63) is 60.7 Å². The molecule has 2 aromatic carbocycles. The number of rotatable bonds is 4. The van der Waals surface area contributed by atoms with Crippen molar-refractivity contribution in [3.8, 4) is 0 Å². The van der Waals surface area contributed by atoms with Gasteiger partial charge in [0.25, 0.3) is 0 Å². The van der Waals surface area contributed by atoms with Crippen LogP contribution in [0.5, 0.6) is 0 Å². The monoisotopic (exact) mass is 243 g/mol. The number of anilines is 2. The van der Waals surface area contributed by atoms with E-state index in [1.807, 2.05) is 60.7 Å². The highest BCUT2D eigenvalue weighted by Crippen LogP contribution is 2.14. The van der Waals surface area contributed by atoms with Gasteiger partial charge in [-0.3, -0.25) is 0 Å². The van der Waals surface area contributed by atoms with Crippen LogP contribution < -0.4 is 5.32 Å². The number of nitrogens with one attached hydrogen (secondary N) is 1. The molecule has 0 saturated heterocycles. The average molecular weight is 243 g/mol. The molecule has 0 atom stereocenters. The second-order valence-corrected chi connectivity index (χ2v) is 3.93. The lowest BCUT2D eigenvalue weighted by Crippen LogP contribution is -1.87.